The molecule has 1 amide bonds. The Morgan fingerprint density at radius 2 is 1.69 bits per heavy atom. The van der Waals surface area contributed by atoms with Crippen LogP contribution < -0.4 is 10.6 Å². The maximum absolute atomic E-state index is 11.8. The van der Waals surface area contributed by atoms with Gasteiger partial charge in [-0.2, -0.15) is 0 Å². The molecule has 0 bridgehead atoms. The van der Waals surface area contributed by atoms with Gasteiger partial charge in [-0.1, -0.05) is 12.1 Å². The summed E-state index contributed by atoms with van der Waals surface area (Å²) in [6.07, 6.45) is 3.27. The molecule has 6 heteroatoms. The first-order valence-electron chi connectivity index (χ1n) is 9.17. The summed E-state index contributed by atoms with van der Waals surface area (Å²) >= 11 is 0. The molecule has 0 saturated heterocycles. The molecule has 1 saturated carbocycles. The first-order chi connectivity index (χ1) is 12.3. The fourth-order valence-corrected chi connectivity index (χ4v) is 3.09. The zero-order chi connectivity index (χ0) is 19.2. The predicted octanol–water partition coefficient (Wildman–Crippen LogP) is 3.86. The number of rotatable bonds is 5. The molecule has 1 aromatic rings. The van der Waals surface area contributed by atoms with E-state index in [4.69, 9.17) is 9.47 Å². The van der Waals surface area contributed by atoms with Crippen molar-refractivity contribution >= 4 is 17.7 Å². The van der Waals surface area contributed by atoms with Crippen LogP contribution in [0.15, 0.2) is 24.3 Å². The van der Waals surface area contributed by atoms with Crippen molar-refractivity contribution in [3.05, 3.63) is 29.8 Å². The molecule has 2 N–H and O–H groups in total. The number of esters is 1. The van der Waals surface area contributed by atoms with E-state index in [0.717, 1.165) is 37.8 Å². The fraction of sp³-hybridized carbons (Fsp3) is 0.600. The average molecular weight is 362 g/mol. The van der Waals surface area contributed by atoms with Crippen molar-refractivity contribution in [3.8, 4) is 0 Å². The first kappa shape index (κ1) is 20.2. The summed E-state index contributed by atoms with van der Waals surface area (Å²) in [4.78, 5) is 23.3. The Labute approximate surface area is 155 Å². The Bertz CT molecular complexity index is 599. The van der Waals surface area contributed by atoms with Crippen molar-refractivity contribution in [1.82, 2.24) is 5.32 Å². The van der Waals surface area contributed by atoms with Crippen LogP contribution in [-0.2, 0) is 20.8 Å². The summed E-state index contributed by atoms with van der Waals surface area (Å²) < 4.78 is 10.1. The van der Waals surface area contributed by atoms with Crippen LogP contribution in [0.25, 0.3) is 0 Å². The topological polar surface area (TPSA) is 76.7 Å². The smallest absolute Gasteiger partial charge is 0.412 e. The molecule has 144 valence electrons. The molecular weight excluding hydrogens is 332 g/mol. The van der Waals surface area contributed by atoms with Crippen LogP contribution in [0.5, 0.6) is 0 Å². The lowest BCUT2D eigenvalue weighted by atomic mass is 9.86. The van der Waals surface area contributed by atoms with Crippen molar-refractivity contribution < 1.29 is 19.1 Å². The summed E-state index contributed by atoms with van der Waals surface area (Å²) in [6.45, 7) is 6.26. The van der Waals surface area contributed by atoms with Gasteiger partial charge in [-0.15, -0.1) is 0 Å². The zero-order valence-corrected chi connectivity index (χ0v) is 16.1. The van der Waals surface area contributed by atoms with Gasteiger partial charge in [0.2, 0.25) is 0 Å². The van der Waals surface area contributed by atoms with E-state index in [1.807, 2.05) is 45.0 Å². The van der Waals surface area contributed by atoms with Crippen LogP contribution in [0.4, 0.5) is 10.5 Å². The molecule has 0 radical (unpaired) electrons. The number of anilines is 1. The van der Waals surface area contributed by atoms with Gasteiger partial charge in [-0.25, -0.2) is 4.79 Å². The molecule has 0 unspecified atom stereocenters. The van der Waals surface area contributed by atoms with E-state index in [1.54, 1.807) is 0 Å². The number of carbonyl (C=O) groups is 2. The van der Waals surface area contributed by atoms with Gasteiger partial charge in [0.25, 0.3) is 0 Å². The maximum atomic E-state index is 11.8. The van der Waals surface area contributed by atoms with Crippen molar-refractivity contribution in [2.75, 3.05) is 12.4 Å². The van der Waals surface area contributed by atoms with Crippen LogP contribution in [0.1, 0.15) is 52.0 Å². The van der Waals surface area contributed by atoms with Gasteiger partial charge in [0, 0.05) is 18.3 Å². The highest BCUT2D eigenvalue weighted by Crippen LogP contribution is 2.25. The van der Waals surface area contributed by atoms with E-state index in [2.05, 4.69) is 10.6 Å². The SMILES string of the molecule is COC(=O)[C@H]1CC[C@H](NCc2ccc(NC(=O)OC(C)(C)C)cc2)CC1. The molecule has 2 rings (SSSR count). The Hall–Kier alpha value is -2.08. The Balaban J connectivity index is 1.74. The van der Waals surface area contributed by atoms with E-state index < -0.39 is 11.7 Å². The predicted molar refractivity (Wildman–Crippen MR) is 101 cm³/mol. The molecule has 1 aromatic carbocycles. The van der Waals surface area contributed by atoms with E-state index in [9.17, 15) is 9.59 Å². The lowest BCUT2D eigenvalue weighted by Crippen LogP contribution is -2.34. The van der Waals surface area contributed by atoms with Gasteiger partial charge in [0.1, 0.15) is 5.60 Å². The molecule has 1 aliphatic rings. The van der Waals surface area contributed by atoms with Crippen molar-refractivity contribution in [2.45, 2.75) is 64.6 Å². The number of nitrogens with one attached hydrogen (secondary N) is 2. The van der Waals surface area contributed by atoms with Crippen LogP contribution in [0.2, 0.25) is 0 Å². The molecule has 0 aromatic heterocycles. The Morgan fingerprint density at radius 3 is 2.23 bits per heavy atom. The van der Waals surface area contributed by atoms with E-state index >= 15 is 0 Å². The number of hydrogen-bond acceptors (Lipinski definition) is 5. The number of benzene rings is 1. The highest BCUT2D eigenvalue weighted by atomic mass is 16.6. The summed E-state index contributed by atoms with van der Waals surface area (Å²) in [5.41, 5.74) is 1.34. The third kappa shape index (κ3) is 6.67. The quantitative estimate of drug-likeness (QED) is 0.778. The molecule has 0 aliphatic heterocycles. The number of amides is 1. The maximum Gasteiger partial charge on any atom is 0.412 e. The largest absolute Gasteiger partial charge is 0.469 e. The second-order valence-electron chi connectivity index (χ2n) is 7.78. The minimum absolute atomic E-state index is 0.0521. The molecule has 6 nitrogen and oxygen atoms in total. The second kappa shape index (κ2) is 9.03. The molecule has 0 heterocycles. The summed E-state index contributed by atoms with van der Waals surface area (Å²) in [6, 6.07) is 8.14. The number of carbonyl (C=O) groups excluding carboxylic acids is 2. The van der Waals surface area contributed by atoms with Crippen molar-refractivity contribution in [3.63, 3.8) is 0 Å². The highest BCUT2D eigenvalue weighted by molar-refractivity contribution is 5.84. The third-order valence-corrected chi connectivity index (χ3v) is 4.46. The van der Waals surface area contributed by atoms with E-state index in [0.29, 0.717) is 11.7 Å². The van der Waals surface area contributed by atoms with Gasteiger partial charge in [0.15, 0.2) is 0 Å². The monoisotopic (exact) mass is 362 g/mol. The van der Waals surface area contributed by atoms with Gasteiger partial charge in [-0.3, -0.25) is 10.1 Å². The summed E-state index contributed by atoms with van der Waals surface area (Å²) in [5, 5.41) is 6.27. The Kier molecular flexibility index (Phi) is 7.03. The molecule has 0 atom stereocenters. The normalized spacial score (nSPS) is 20.3. The number of methoxy groups -OCH3 is 1. The summed E-state index contributed by atoms with van der Waals surface area (Å²) in [7, 11) is 1.45. The van der Waals surface area contributed by atoms with Crippen LogP contribution >= 0.6 is 0 Å². The number of ether oxygens (including phenoxy) is 2. The summed E-state index contributed by atoms with van der Waals surface area (Å²) in [5.74, 6) is -0.0345. The molecule has 1 aliphatic carbocycles. The lowest BCUT2D eigenvalue weighted by Gasteiger charge is -2.27. The first-order valence-corrected chi connectivity index (χ1v) is 9.17. The van der Waals surface area contributed by atoms with Gasteiger partial charge in [-0.05, 0) is 64.2 Å². The molecule has 0 spiro atoms. The Morgan fingerprint density at radius 1 is 1.08 bits per heavy atom. The van der Waals surface area contributed by atoms with Crippen LogP contribution in [-0.4, -0.2) is 30.8 Å². The van der Waals surface area contributed by atoms with E-state index in [1.165, 1.54) is 7.11 Å². The highest BCUT2D eigenvalue weighted by Gasteiger charge is 2.26. The van der Waals surface area contributed by atoms with Gasteiger partial charge < -0.3 is 14.8 Å². The third-order valence-electron chi connectivity index (χ3n) is 4.46. The molecule has 26 heavy (non-hydrogen) atoms. The van der Waals surface area contributed by atoms with E-state index in [-0.39, 0.29) is 11.9 Å². The zero-order valence-electron chi connectivity index (χ0n) is 16.1. The lowest BCUT2D eigenvalue weighted by molar-refractivity contribution is -0.146. The second-order valence-corrected chi connectivity index (χ2v) is 7.78. The fourth-order valence-electron chi connectivity index (χ4n) is 3.09. The van der Waals surface area contributed by atoms with Gasteiger partial charge >= 0.3 is 12.1 Å². The average Bonchev–Trinajstić information content (AvgIpc) is 2.59. The number of hydrogen-bond donors (Lipinski definition) is 2. The minimum Gasteiger partial charge on any atom is -0.469 e. The molecular formula is C20H30N2O4. The van der Waals surface area contributed by atoms with Gasteiger partial charge in [0.05, 0.1) is 13.0 Å². The van der Waals surface area contributed by atoms with Crippen molar-refractivity contribution in [2.24, 2.45) is 5.92 Å². The standard InChI is InChI=1S/C20H30N2O4/c1-20(2,3)26-19(24)22-17-9-5-14(6-10-17)13-21-16-11-7-15(8-12-16)18(23)25-4/h5-6,9-10,15-16,21H,7-8,11-13H2,1-4H3,(H,22,24)/t15-,16-. The van der Waals surface area contributed by atoms with Crippen LogP contribution in [0, 0.1) is 5.92 Å². The van der Waals surface area contributed by atoms with Crippen LogP contribution in [0.3, 0.4) is 0 Å². The van der Waals surface area contributed by atoms with Crippen molar-refractivity contribution in [1.29, 1.82) is 0 Å². The molecule has 1 fully saturated rings. The minimum atomic E-state index is -0.513.